The van der Waals surface area contributed by atoms with Crippen LogP contribution in [0.5, 0.6) is 0 Å². The predicted molar refractivity (Wildman–Crippen MR) is 306 cm³/mol. The molecule has 0 saturated carbocycles. The van der Waals surface area contributed by atoms with Gasteiger partial charge in [0, 0.05) is 44.0 Å². The van der Waals surface area contributed by atoms with Crippen molar-refractivity contribution in [1.82, 2.24) is 19.5 Å². The van der Waals surface area contributed by atoms with Crippen LogP contribution in [0.15, 0.2) is 231 Å². The van der Waals surface area contributed by atoms with Crippen LogP contribution in [0.4, 0.5) is 0 Å². The Bertz CT molecular complexity index is 4640. The number of benzene rings is 11. The zero-order valence-corrected chi connectivity index (χ0v) is 41.2. The second-order valence-electron chi connectivity index (χ2n) is 21.4. The fraction of sp³-hybridized carbons (Fsp3) is 0.0563. The molecule has 4 aliphatic rings. The molecule has 0 atom stereocenters. The molecule has 348 valence electrons. The first-order valence-corrected chi connectivity index (χ1v) is 26.1. The Morgan fingerprint density at radius 3 is 1.64 bits per heavy atom. The number of fused-ring (bicyclic) bond motifs is 17. The third-order valence-corrected chi connectivity index (χ3v) is 17.4. The number of hydrogen-bond donors (Lipinski definition) is 0. The Morgan fingerprint density at radius 1 is 0.320 bits per heavy atom. The van der Waals surface area contributed by atoms with Gasteiger partial charge in [-0.05, 0) is 119 Å². The first-order valence-electron chi connectivity index (χ1n) is 26.1. The summed E-state index contributed by atoms with van der Waals surface area (Å²) >= 11 is 0. The topological polar surface area (TPSA) is 43.6 Å². The van der Waals surface area contributed by atoms with Crippen molar-refractivity contribution in [2.45, 2.75) is 24.7 Å². The summed E-state index contributed by atoms with van der Waals surface area (Å²) in [4.78, 5) is 16.8. The summed E-state index contributed by atoms with van der Waals surface area (Å²) in [5.74, 6) is 1.88. The van der Waals surface area contributed by atoms with E-state index in [1.54, 1.807) is 0 Å². The van der Waals surface area contributed by atoms with E-state index >= 15 is 0 Å². The molecule has 3 heterocycles. The van der Waals surface area contributed by atoms with Crippen molar-refractivity contribution in [1.29, 1.82) is 0 Å². The second kappa shape index (κ2) is 14.6. The highest BCUT2D eigenvalue weighted by atomic mass is 15.0. The van der Waals surface area contributed by atoms with Crippen LogP contribution in [0.1, 0.15) is 47.2 Å². The molecule has 13 aromatic rings. The van der Waals surface area contributed by atoms with Crippen LogP contribution in [-0.4, -0.2) is 19.5 Å². The fourth-order valence-electron chi connectivity index (χ4n) is 14.2. The molecule has 17 rings (SSSR count). The zero-order chi connectivity index (χ0) is 49.3. The minimum atomic E-state index is -0.515. The van der Waals surface area contributed by atoms with E-state index in [2.05, 4.69) is 249 Å². The molecule has 0 saturated heterocycles. The third-order valence-electron chi connectivity index (χ3n) is 17.4. The van der Waals surface area contributed by atoms with Gasteiger partial charge < -0.3 is 4.57 Å². The van der Waals surface area contributed by atoms with Crippen molar-refractivity contribution in [2.75, 3.05) is 0 Å². The van der Waals surface area contributed by atoms with Crippen molar-refractivity contribution in [3.05, 3.63) is 264 Å². The third kappa shape index (κ3) is 5.28. The molecule has 1 aliphatic heterocycles. The van der Waals surface area contributed by atoms with E-state index in [-0.39, 0.29) is 5.41 Å². The largest absolute Gasteiger partial charge is 0.308 e. The fourth-order valence-corrected chi connectivity index (χ4v) is 14.2. The summed E-state index contributed by atoms with van der Waals surface area (Å²) in [5, 5.41) is 4.94. The molecule has 0 radical (unpaired) electrons. The summed E-state index contributed by atoms with van der Waals surface area (Å²) in [6, 6.07) is 85.1. The highest BCUT2D eigenvalue weighted by Gasteiger charge is 2.51. The Kier molecular flexibility index (Phi) is 7.98. The van der Waals surface area contributed by atoms with Gasteiger partial charge in [0.05, 0.1) is 22.1 Å². The van der Waals surface area contributed by atoms with Gasteiger partial charge in [0.1, 0.15) is 0 Å². The van der Waals surface area contributed by atoms with Crippen LogP contribution in [0, 0.1) is 0 Å². The van der Waals surface area contributed by atoms with E-state index in [0.29, 0.717) is 17.5 Å². The maximum atomic E-state index is 5.68. The molecule has 2 aromatic heterocycles. The molecule has 1 spiro atoms. The summed E-state index contributed by atoms with van der Waals surface area (Å²) in [6.45, 7) is 4.76. The molecule has 0 bridgehead atoms. The Labute approximate surface area is 434 Å². The van der Waals surface area contributed by atoms with E-state index in [0.717, 1.165) is 39.1 Å². The van der Waals surface area contributed by atoms with Crippen LogP contribution >= 0.6 is 0 Å². The molecule has 4 nitrogen and oxygen atoms in total. The van der Waals surface area contributed by atoms with Crippen molar-refractivity contribution < 1.29 is 0 Å². The van der Waals surface area contributed by atoms with Crippen LogP contribution in [0.2, 0.25) is 0 Å². The predicted octanol–water partition coefficient (Wildman–Crippen LogP) is 17.4. The average Bonchev–Trinajstić information content (AvgIpc) is 4.12. The van der Waals surface area contributed by atoms with Crippen LogP contribution in [0.25, 0.3) is 128 Å². The summed E-state index contributed by atoms with van der Waals surface area (Å²) in [5.41, 5.74) is 25.8. The number of rotatable bonds is 4. The minimum Gasteiger partial charge on any atom is -0.308 e. The normalized spacial score (nSPS) is 14.2. The van der Waals surface area contributed by atoms with Gasteiger partial charge in [0.25, 0.3) is 0 Å². The lowest BCUT2D eigenvalue weighted by Crippen LogP contribution is -2.25. The van der Waals surface area contributed by atoms with Gasteiger partial charge in [-0.25, -0.2) is 15.0 Å². The maximum absolute atomic E-state index is 5.68. The van der Waals surface area contributed by atoms with Crippen LogP contribution in [0.3, 0.4) is 0 Å². The zero-order valence-electron chi connectivity index (χ0n) is 41.2. The highest BCUT2D eigenvalue weighted by Crippen LogP contribution is 2.63. The van der Waals surface area contributed by atoms with E-state index < -0.39 is 5.41 Å². The smallest absolute Gasteiger partial charge is 0.164 e. The SMILES string of the molecule is CC1(C)c2cccc3c2-c2c1ccc1c4ccccc4n(c21)-c1cccc(-c2nc(-c4cccc(-c5ccc6ccccc6c5)c4)nc(-c4ccc5c(c4)C4(c6ccccc6-c6ccccc64)c4ccccc4-5)n2)c1-3. The lowest BCUT2D eigenvalue weighted by atomic mass is 9.70. The molecule has 4 heteroatoms. The van der Waals surface area contributed by atoms with Gasteiger partial charge in [-0.15, -0.1) is 0 Å². The van der Waals surface area contributed by atoms with Crippen LogP contribution < -0.4 is 0 Å². The van der Waals surface area contributed by atoms with Gasteiger partial charge in [0.2, 0.25) is 0 Å². The van der Waals surface area contributed by atoms with Gasteiger partial charge in [0.15, 0.2) is 17.5 Å². The monoisotopic (exact) mass is 952 g/mol. The standard InChI is InChI=1S/C71H44N4/c1-70(2)58-29-14-24-53-63-54(25-15-31-62(63)75-61-30-12-8-23-51(61)52-36-37-59(70)65(64(53)58)66(52)75)69-73-67(45-19-13-18-43(39-45)44-33-32-41-16-3-4-17-42(41)38-44)72-68(74-69)46-34-35-50-49-22-7-11-28-57(49)71(60(50)40-46)55-26-9-5-20-47(55)48-21-6-10-27-56(48)71/h3-40H,1-2H3. The van der Waals surface area contributed by atoms with Gasteiger partial charge in [-0.3, -0.25) is 0 Å². The number of hydrogen-bond acceptors (Lipinski definition) is 3. The highest BCUT2D eigenvalue weighted by molar-refractivity contribution is 6.19. The second-order valence-corrected chi connectivity index (χ2v) is 21.4. The lowest BCUT2D eigenvalue weighted by Gasteiger charge is -2.30. The summed E-state index contributed by atoms with van der Waals surface area (Å²) in [6.07, 6.45) is 0. The maximum Gasteiger partial charge on any atom is 0.164 e. The Hall–Kier alpha value is -9.51. The summed E-state index contributed by atoms with van der Waals surface area (Å²) < 4.78 is 2.53. The van der Waals surface area contributed by atoms with E-state index in [1.807, 2.05) is 0 Å². The van der Waals surface area contributed by atoms with Crippen molar-refractivity contribution in [3.8, 4) is 95.5 Å². The van der Waals surface area contributed by atoms with E-state index in [1.165, 1.54) is 105 Å². The van der Waals surface area contributed by atoms with Gasteiger partial charge in [-0.2, -0.15) is 0 Å². The van der Waals surface area contributed by atoms with Gasteiger partial charge >= 0.3 is 0 Å². The number of aromatic nitrogens is 4. The molecule has 11 aromatic carbocycles. The Morgan fingerprint density at radius 2 is 0.867 bits per heavy atom. The first kappa shape index (κ1) is 41.0. The minimum absolute atomic E-state index is 0.197. The molecule has 75 heavy (non-hydrogen) atoms. The molecule has 0 fully saturated rings. The average molecular weight is 953 g/mol. The number of para-hydroxylation sites is 1. The van der Waals surface area contributed by atoms with Crippen molar-refractivity contribution >= 4 is 32.6 Å². The van der Waals surface area contributed by atoms with E-state index in [4.69, 9.17) is 15.0 Å². The lowest BCUT2D eigenvalue weighted by molar-refractivity contribution is 0.661. The van der Waals surface area contributed by atoms with Crippen molar-refractivity contribution in [2.24, 2.45) is 0 Å². The Balaban J connectivity index is 0.941. The van der Waals surface area contributed by atoms with Crippen LogP contribution in [-0.2, 0) is 10.8 Å². The molecular formula is C71H44N4. The first-order chi connectivity index (χ1) is 36.9. The molecule has 3 aliphatic carbocycles. The van der Waals surface area contributed by atoms with E-state index in [9.17, 15) is 0 Å². The molecule has 0 unspecified atom stereocenters. The summed E-state index contributed by atoms with van der Waals surface area (Å²) in [7, 11) is 0. The molecule has 0 amide bonds. The van der Waals surface area contributed by atoms with Gasteiger partial charge in [-0.1, -0.05) is 214 Å². The molecular weight excluding hydrogens is 909 g/mol. The number of nitrogens with zero attached hydrogens (tertiary/aromatic N) is 4. The quantitative estimate of drug-likeness (QED) is 0.177. The van der Waals surface area contributed by atoms with Crippen molar-refractivity contribution in [3.63, 3.8) is 0 Å². The molecule has 0 N–H and O–H groups in total.